The van der Waals surface area contributed by atoms with Gasteiger partial charge in [-0.2, -0.15) is 0 Å². The van der Waals surface area contributed by atoms with Crippen molar-refractivity contribution in [2.75, 3.05) is 6.54 Å². The maximum Gasteiger partial charge on any atom is 0.290 e. The van der Waals surface area contributed by atoms with Gasteiger partial charge in [0.15, 0.2) is 5.76 Å². The minimum absolute atomic E-state index is 0.0481. The normalized spacial score (nSPS) is 18.0. The fraction of sp³-hybridized carbons (Fsp3) is 0.400. The van der Waals surface area contributed by atoms with E-state index in [1.165, 1.54) is 0 Å². The molecule has 1 aliphatic rings. The van der Waals surface area contributed by atoms with Gasteiger partial charge in [-0.3, -0.25) is 4.79 Å². The van der Waals surface area contributed by atoms with Gasteiger partial charge < -0.3 is 13.8 Å². The van der Waals surface area contributed by atoms with Crippen molar-refractivity contribution in [3.05, 3.63) is 52.6 Å². The molecule has 5 heteroatoms. The summed E-state index contributed by atoms with van der Waals surface area (Å²) < 4.78 is 11.2. The first-order valence-corrected chi connectivity index (χ1v) is 8.78. The van der Waals surface area contributed by atoms with Crippen molar-refractivity contribution < 1.29 is 13.7 Å². The van der Waals surface area contributed by atoms with Crippen LogP contribution in [0, 0.1) is 20.8 Å². The molecule has 25 heavy (non-hydrogen) atoms. The average Bonchev–Trinajstić information content (AvgIpc) is 3.18. The van der Waals surface area contributed by atoms with E-state index in [2.05, 4.69) is 5.16 Å². The summed E-state index contributed by atoms with van der Waals surface area (Å²) in [5, 5.41) is 5.14. The van der Waals surface area contributed by atoms with Crippen LogP contribution in [-0.4, -0.2) is 22.5 Å². The number of benzene rings is 1. The van der Waals surface area contributed by atoms with E-state index in [4.69, 9.17) is 8.94 Å². The molecular formula is C20H22N2O3. The molecule has 0 aliphatic carbocycles. The Balaban J connectivity index is 1.72. The number of likely N-dealkylation sites (tertiary alicyclic amines) is 1. The number of furan rings is 1. The molecule has 1 amide bonds. The maximum atomic E-state index is 13.2. The number of amides is 1. The molecule has 0 saturated carbocycles. The number of piperidine rings is 1. The van der Waals surface area contributed by atoms with Gasteiger partial charge in [0.25, 0.3) is 5.91 Å². The maximum absolute atomic E-state index is 13.2. The van der Waals surface area contributed by atoms with E-state index in [0.29, 0.717) is 12.3 Å². The third-order valence-electron chi connectivity index (χ3n) is 5.04. The highest BCUT2D eigenvalue weighted by Crippen LogP contribution is 2.34. The molecule has 1 fully saturated rings. The smallest absolute Gasteiger partial charge is 0.290 e. The monoisotopic (exact) mass is 338 g/mol. The molecule has 1 aliphatic heterocycles. The van der Waals surface area contributed by atoms with Crippen molar-refractivity contribution in [2.45, 2.75) is 46.1 Å². The van der Waals surface area contributed by atoms with Gasteiger partial charge in [-0.1, -0.05) is 17.3 Å². The molecule has 5 nitrogen and oxygen atoms in total. The summed E-state index contributed by atoms with van der Waals surface area (Å²) in [4.78, 5) is 15.1. The van der Waals surface area contributed by atoms with Crippen molar-refractivity contribution in [3.63, 3.8) is 0 Å². The van der Waals surface area contributed by atoms with Crippen LogP contribution in [0.2, 0.25) is 0 Å². The fourth-order valence-electron chi connectivity index (χ4n) is 3.69. The highest BCUT2D eigenvalue weighted by Gasteiger charge is 2.33. The first-order chi connectivity index (χ1) is 12.0. The summed E-state index contributed by atoms with van der Waals surface area (Å²) in [6.07, 6.45) is 2.98. The van der Waals surface area contributed by atoms with Crippen LogP contribution in [0.15, 0.2) is 33.2 Å². The molecule has 0 spiro atoms. The van der Waals surface area contributed by atoms with E-state index in [-0.39, 0.29) is 11.9 Å². The summed E-state index contributed by atoms with van der Waals surface area (Å²) in [5.74, 6) is 1.15. The van der Waals surface area contributed by atoms with Crippen LogP contribution in [0.5, 0.6) is 0 Å². The molecule has 0 N–H and O–H groups in total. The molecule has 1 saturated heterocycles. The first-order valence-electron chi connectivity index (χ1n) is 8.78. The van der Waals surface area contributed by atoms with Gasteiger partial charge in [-0.15, -0.1) is 0 Å². The minimum Gasteiger partial charge on any atom is -0.451 e. The first kappa shape index (κ1) is 15.9. The summed E-state index contributed by atoms with van der Waals surface area (Å²) >= 11 is 0. The molecule has 0 unspecified atom stereocenters. The molecular weight excluding hydrogens is 316 g/mol. The predicted octanol–water partition coefficient (Wildman–Crippen LogP) is 4.71. The number of hydrogen-bond donors (Lipinski definition) is 0. The lowest BCUT2D eigenvalue weighted by molar-refractivity contribution is 0.0570. The average molecular weight is 338 g/mol. The minimum atomic E-state index is -0.0586. The molecule has 3 heterocycles. The summed E-state index contributed by atoms with van der Waals surface area (Å²) in [7, 11) is 0. The largest absolute Gasteiger partial charge is 0.451 e. The van der Waals surface area contributed by atoms with E-state index in [0.717, 1.165) is 52.8 Å². The number of aryl methyl sites for hydroxylation is 3. The Kier molecular flexibility index (Phi) is 3.86. The number of carbonyl (C=O) groups excluding carboxylic acids is 1. The summed E-state index contributed by atoms with van der Waals surface area (Å²) in [6, 6.07) is 7.92. The van der Waals surface area contributed by atoms with Crippen LogP contribution in [0.4, 0.5) is 0 Å². The van der Waals surface area contributed by atoms with Gasteiger partial charge in [-0.25, -0.2) is 0 Å². The number of hydrogen-bond acceptors (Lipinski definition) is 4. The van der Waals surface area contributed by atoms with Gasteiger partial charge in [-0.05, 0) is 51.7 Å². The zero-order valence-electron chi connectivity index (χ0n) is 14.8. The van der Waals surface area contributed by atoms with Crippen LogP contribution in [-0.2, 0) is 0 Å². The third-order valence-corrected chi connectivity index (χ3v) is 5.04. The Morgan fingerprint density at radius 2 is 2.04 bits per heavy atom. The lowest BCUT2D eigenvalue weighted by atomic mass is 9.98. The quantitative estimate of drug-likeness (QED) is 0.679. The standard InChI is InChI=1S/C20H22N2O3/c1-12-7-8-15-14(3)19(24-18(15)10-12)20(23)22-9-5-4-6-17(22)16-11-13(2)25-21-16/h7-8,10-11,17H,4-6,9H2,1-3H3/t17-/m1/s1. The van der Waals surface area contributed by atoms with E-state index in [9.17, 15) is 4.79 Å². The van der Waals surface area contributed by atoms with Crippen LogP contribution in [0.3, 0.4) is 0 Å². The van der Waals surface area contributed by atoms with Crippen molar-refractivity contribution >= 4 is 16.9 Å². The van der Waals surface area contributed by atoms with Gasteiger partial charge >= 0.3 is 0 Å². The second-order valence-electron chi connectivity index (χ2n) is 6.93. The third kappa shape index (κ3) is 2.73. The molecule has 1 atom stereocenters. The molecule has 3 aromatic rings. The van der Waals surface area contributed by atoms with Crippen molar-refractivity contribution in [1.82, 2.24) is 10.1 Å². The topological polar surface area (TPSA) is 59.5 Å². The van der Waals surface area contributed by atoms with Crippen molar-refractivity contribution in [3.8, 4) is 0 Å². The van der Waals surface area contributed by atoms with E-state index >= 15 is 0 Å². The second kappa shape index (κ2) is 6.06. The molecule has 130 valence electrons. The van der Waals surface area contributed by atoms with Gasteiger partial charge in [0.1, 0.15) is 17.0 Å². The van der Waals surface area contributed by atoms with Crippen LogP contribution >= 0.6 is 0 Å². The van der Waals surface area contributed by atoms with Crippen LogP contribution in [0.25, 0.3) is 11.0 Å². The van der Waals surface area contributed by atoms with Gasteiger partial charge in [0, 0.05) is 23.6 Å². The fourth-order valence-corrected chi connectivity index (χ4v) is 3.69. The van der Waals surface area contributed by atoms with Crippen molar-refractivity contribution in [2.24, 2.45) is 0 Å². The number of aromatic nitrogens is 1. The van der Waals surface area contributed by atoms with E-state index < -0.39 is 0 Å². The number of fused-ring (bicyclic) bond motifs is 1. The Bertz CT molecular complexity index is 938. The van der Waals surface area contributed by atoms with Crippen molar-refractivity contribution in [1.29, 1.82) is 0 Å². The number of carbonyl (C=O) groups is 1. The number of rotatable bonds is 2. The zero-order chi connectivity index (χ0) is 17.6. The van der Waals surface area contributed by atoms with Gasteiger partial charge in [0.05, 0.1) is 6.04 Å². The Labute approximate surface area is 146 Å². The highest BCUT2D eigenvalue weighted by molar-refractivity contribution is 5.99. The van der Waals surface area contributed by atoms with E-state index in [1.54, 1.807) is 0 Å². The highest BCUT2D eigenvalue weighted by atomic mass is 16.5. The van der Waals surface area contributed by atoms with Crippen LogP contribution < -0.4 is 0 Å². The predicted molar refractivity (Wildman–Crippen MR) is 94.6 cm³/mol. The SMILES string of the molecule is Cc1ccc2c(C)c(C(=O)N3CCCC[C@@H]3c3cc(C)on3)oc2c1. The van der Waals surface area contributed by atoms with E-state index in [1.807, 2.05) is 49.9 Å². The lowest BCUT2D eigenvalue weighted by Gasteiger charge is -2.34. The second-order valence-corrected chi connectivity index (χ2v) is 6.93. The lowest BCUT2D eigenvalue weighted by Crippen LogP contribution is -2.38. The van der Waals surface area contributed by atoms with Crippen LogP contribution in [0.1, 0.15) is 58.4 Å². The zero-order valence-corrected chi connectivity index (χ0v) is 14.8. The molecule has 0 radical (unpaired) electrons. The Morgan fingerprint density at radius 1 is 1.20 bits per heavy atom. The molecule has 2 aromatic heterocycles. The molecule has 4 rings (SSSR count). The molecule has 1 aromatic carbocycles. The Morgan fingerprint density at radius 3 is 2.80 bits per heavy atom. The van der Waals surface area contributed by atoms with Gasteiger partial charge in [0.2, 0.25) is 0 Å². The summed E-state index contributed by atoms with van der Waals surface area (Å²) in [6.45, 7) is 6.56. The Hall–Kier alpha value is -2.56. The number of nitrogens with zero attached hydrogens (tertiary/aromatic N) is 2. The summed E-state index contributed by atoms with van der Waals surface area (Å²) in [5.41, 5.74) is 3.62. The molecule has 0 bridgehead atoms.